The van der Waals surface area contributed by atoms with Gasteiger partial charge in [0.15, 0.2) is 0 Å². The second-order valence-corrected chi connectivity index (χ2v) is 1.80. The summed E-state index contributed by atoms with van der Waals surface area (Å²) in [5, 5.41) is 0. The second-order valence-electron chi connectivity index (χ2n) is 0.908. The van der Waals surface area contributed by atoms with Gasteiger partial charge >= 0.3 is 29.3 Å². The van der Waals surface area contributed by atoms with Crippen LogP contribution in [-0.4, -0.2) is 23.9 Å². The molecule has 0 amide bonds. The molecular formula is C2H4F3LiO4S. The third kappa shape index (κ3) is 137. The normalized spacial score (nSPS) is 9.64. The van der Waals surface area contributed by atoms with Crippen LogP contribution in [0.3, 0.4) is 0 Å². The molecule has 0 aromatic rings. The van der Waals surface area contributed by atoms with Gasteiger partial charge in [0.25, 0.3) is 0 Å². The largest absolute Gasteiger partial charge is 1.00 e. The van der Waals surface area contributed by atoms with Crippen LogP contribution < -0.4 is 18.9 Å². The third-order valence-electron chi connectivity index (χ3n) is 0.0952. The van der Waals surface area contributed by atoms with E-state index in [0.29, 0.717) is 0 Å². The van der Waals surface area contributed by atoms with E-state index in [0.717, 1.165) is 0 Å². The van der Waals surface area contributed by atoms with E-state index in [1.165, 1.54) is 0 Å². The Balaban J connectivity index is -0.000000107. The Bertz CT molecular complexity index is 149. The van der Waals surface area contributed by atoms with Crippen molar-refractivity contribution in [3.05, 3.63) is 6.67 Å². The molecule has 0 radical (unpaired) electrons. The van der Waals surface area contributed by atoms with Crippen molar-refractivity contribution in [2.75, 3.05) is 0 Å². The van der Waals surface area contributed by atoms with Gasteiger partial charge in [-0.05, 0) is 0 Å². The first-order valence-corrected chi connectivity index (χ1v) is 3.08. The predicted octanol–water partition coefficient (Wildman–Crippen LogP) is -2.27. The average Bonchev–Trinajstić information content (AvgIpc) is 1.61. The fourth-order valence-corrected chi connectivity index (χ4v) is 0. The van der Waals surface area contributed by atoms with Crippen molar-refractivity contribution in [1.29, 1.82) is 0 Å². The molecule has 9 heteroatoms. The van der Waals surface area contributed by atoms with Gasteiger partial charge in [-0.15, -0.1) is 6.67 Å². The Morgan fingerprint density at radius 1 is 1.27 bits per heavy atom. The topological polar surface area (TPSA) is 74.6 Å². The van der Waals surface area contributed by atoms with Crippen molar-refractivity contribution in [2.45, 2.75) is 6.43 Å². The van der Waals surface area contributed by atoms with Crippen molar-refractivity contribution in [1.82, 2.24) is 0 Å². The van der Waals surface area contributed by atoms with Crippen LogP contribution in [0.5, 0.6) is 0 Å². The molecule has 0 saturated carbocycles. The predicted molar refractivity (Wildman–Crippen MR) is 25.6 cm³/mol. The Labute approximate surface area is 73.5 Å². The van der Waals surface area contributed by atoms with Gasteiger partial charge in [0.2, 0.25) is 0 Å². The maximum atomic E-state index is 10.3. The molecule has 0 aromatic heterocycles. The number of alkyl halides is 2. The standard InChI is InChI=1S/C2H2F3.Li.H2O4S/c3-1-2(4)5;;1-5(2,3)4/h1-2H;;(H2,1,2,3,4)/q-1;+1;. The maximum Gasteiger partial charge on any atom is 1.00 e. The number of hydrogen-bond acceptors (Lipinski definition) is 2. The molecule has 0 bridgehead atoms. The van der Waals surface area contributed by atoms with Gasteiger partial charge in [-0.3, -0.25) is 9.11 Å². The van der Waals surface area contributed by atoms with Crippen LogP contribution >= 0.6 is 0 Å². The van der Waals surface area contributed by atoms with Crippen molar-refractivity contribution in [2.24, 2.45) is 0 Å². The number of hydrogen-bond donors (Lipinski definition) is 2. The molecule has 2 N–H and O–H groups in total. The van der Waals surface area contributed by atoms with Gasteiger partial charge < -0.3 is 4.39 Å². The van der Waals surface area contributed by atoms with Crippen LogP contribution in [0.25, 0.3) is 0 Å². The molecule has 0 unspecified atom stereocenters. The summed E-state index contributed by atoms with van der Waals surface area (Å²) < 4.78 is 62.5. The molecular weight excluding hydrogens is 184 g/mol. The summed E-state index contributed by atoms with van der Waals surface area (Å²) in [5.74, 6) is 0. The SMILES string of the molecule is F[CH-]C(F)F.O=S(=O)(O)O.[Li+]. The summed E-state index contributed by atoms with van der Waals surface area (Å²) in [6, 6.07) is 0. The molecule has 0 aliphatic carbocycles. The van der Waals surface area contributed by atoms with E-state index >= 15 is 0 Å². The van der Waals surface area contributed by atoms with Gasteiger partial charge in [0.1, 0.15) is 6.43 Å². The van der Waals surface area contributed by atoms with Crippen LogP contribution in [0.1, 0.15) is 0 Å². The first-order chi connectivity index (χ1) is 4.27. The first kappa shape index (κ1) is 17.4. The number of rotatable bonds is 1. The monoisotopic (exact) mass is 188 g/mol. The van der Waals surface area contributed by atoms with Crippen molar-refractivity contribution >= 4 is 10.4 Å². The van der Waals surface area contributed by atoms with E-state index in [-0.39, 0.29) is 18.9 Å². The molecule has 0 heterocycles. The average molecular weight is 188 g/mol. The molecule has 11 heavy (non-hydrogen) atoms. The fourth-order valence-electron chi connectivity index (χ4n) is 0. The molecule has 4 nitrogen and oxygen atoms in total. The fraction of sp³-hybridized carbons (Fsp3) is 0.500. The summed E-state index contributed by atoms with van der Waals surface area (Å²) in [7, 11) is -4.67. The van der Waals surface area contributed by atoms with E-state index in [4.69, 9.17) is 17.5 Å². The minimum absolute atomic E-state index is 0. The van der Waals surface area contributed by atoms with Crippen molar-refractivity contribution in [3.63, 3.8) is 0 Å². The molecule has 0 atom stereocenters. The molecule has 64 valence electrons. The molecule has 0 saturated heterocycles. The van der Waals surface area contributed by atoms with Gasteiger partial charge in [0.05, 0.1) is 0 Å². The Morgan fingerprint density at radius 3 is 1.36 bits per heavy atom. The van der Waals surface area contributed by atoms with Crippen molar-refractivity contribution in [3.8, 4) is 0 Å². The molecule has 0 aromatic carbocycles. The van der Waals surface area contributed by atoms with E-state index < -0.39 is 23.5 Å². The van der Waals surface area contributed by atoms with Crippen LogP contribution in [0, 0.1) is 6.67 Å². The van der Waals surface area contributed by atoms with Crippen LogP contribution in [-0.2, 0) is 10.4 Å². The van der Waals surface area contributed by atoms with E-state index in [2.05, 4.69) is 0 Å². The summed E-state index contributed by atoms with van der Waals surface area (Å²) in [5.41, 5.74) is 0. The van der Waals surface area contributed by atoms with Crippen LogP contribution in [0.2, 0.25) is 0 Å². The molecule has 0 aliphatic rings. The zero-order valence-electron chi connectivity index (χ0n) is 5.41. The summed E-state index contributed by atoms with van der Waals surface area (Å²) in [6.07, 6.45) is -2.91. The maximum absolute atomic E-state index is 10.3. The summed E-state index contributed by atoms with van der Waals surface area (Å²) in [4.78, 5) is 0. The Kier molecular flexibility index (Phi) is 13.2. The first-order valence-electron chi connectivity index (χ1n) is 1.69. The second kappa shape index (κ2) is 8.35. The van der Waals surface area contributed by atoms with Crippen LogP contribution in [0.4, 0.5) is 13.2 Å². The molecule has 0 spiro atoms. The van der Waals surface area contributed by atoms with Gasteiger partial charge in [-0.25, -0.2) is 8.78 Å². The minimum Gasteiger partial charge on any atom is -0.454 e. The van der Waals surface area contributed by atoms with Gasteiger partial charge in [-0.2, -0.15) is 8.42 Å². The Hall–Kier alpha value is 0.257. The Morgan fingerprint density at radius 2 is 1.36 bits per heavy atom. The smallest absolute Gasteiger partial charge is 0.454 e. The van der Waals surface area contributed by atoms with E-state index in [9.17, 15) is 13.2 Å². The molecule has 0 fully saturated rings. The van der Waals surface area contributed by atoms with Gasteiger partial charge in [-0.1, -0.05) is 0 Å². The van der Waals surface area contributed by atoms with Crippen molar-refractivity contribution < 1.29 is 49.6 Å². The number of halogens is 3. The molecule has 0 aliphatic heterocycles. The molecule has 0 rings (SSSR count). The zero-order valence-corrected chi connectivity index (χ0v) is 6.22. The third-order valence-corrected chi connectivity index (χ3v) is 0.0952. The van der Waals surface area contributed by atoms with E-state index in [1.54, 1.807) is 0 Å². The van der Waals surface area contributed by atoms with Crippen LogP contribution in [0.15, 0.2) is 0 Å². The quantitative estimate of drug-likeness (QED) is 0.276. The summed E-state index contributed by atoms with van der Waals surface area (Å²) in [6.45, 7) is -0.667. The van der Waals surface area contributed by atoms with E-state index in [1.807, 2.05) is 0 Å². The minimum atomic E-state index is -4.67. The summed E-state index contributed by atoms with van der Waals surface area (Å²) >= 11 is 0. The zero-order chi connectivity index (χ0) is 8.78. The van der Waals surface area contributed by atoms with Gasteiger partial charge in [0, 0.05) is 0 Å².